The lowest BCUT2D eigenvalue weighted by atomic mass is 10.1. The van der Waals surface area contributed by atoms with Crippen LogP contribution in [0.2, 0.25) is 0 Å². The molecule has 0 aromatic heterocycles. The van der Waals surface area contributed by atoms with Crippen LogP contribution in [0.25, 0.3) is 0 Å². The summed E-state index contributed by atoms with van der Waals surface area (Å²) >= 11 is 0. The van der Waals surface area contributed by atoms with E-state index in [1.165, 1.54) is 35.2 Å². The summed E-state index contributed by atoms with van der Waals surface area (Å²) < 4.78 is 43.2. The monoisotopic (exact) mass is 539 g/mol. The molecule has 3 rings (SSSR count). The molecule has 0 heterocycles. The molecule has 0 aliphatic carbocycles. The van der Waals surface area contributed by atoms with Crippen LogP contribution in [0.3, 0.4) is 0 Å². The van der Waals surface area contributed by atoms with Gasteiger partial charge in [-0.15, -0.1) is 0 Å². The van der Waals surface area contributed by atoms with E-state index in [9.17, 15) is 22.4 Å². The Bertz CT molecular complexity index is 1380. The normalized spacial score (nSPS) is 12.0. The molecule has 3 aromatic rings. The largest absolute Gasteiger partial charge is 0.355 e. The van der Waals surface area contributed by atoms with Crippen molar-refractivity contribution in [2.24, 2.45) is 0 Å². The molecular weight excluding hydrogens is 505 g/mol. The van der Waals surface area contributed by atoms with Gasteiger partial charge in [-0.2, -0.15) is 0 Å². The number of nitrogens with one attached hydrogen (secondary N) is 1. The van der Waals surface area contributed by atoms with Gasteiger partial charge >= 0.3 is 0 Å². The predicted octanol–water partition coefficient (Wildman–Crippen LogP) is 4.58. The second-order valence-corrected chi connectivity index (χ2v) is 10.9. The highest BCUT2D eigenvalue weighted by Crippen LogP contribution is 2.27. The summed E-state index contributed by atoms with van der Waals surface area (Å²) in [5.41, 5.74) is 2.36. The first-order chi connectivity index (χ1) is 18.1. The number of halogens is 1. The molecule has 0 saturated heterocycles. The van der Waals surface area contributed by atoms with Crippen LogP contribution < -0.4 is 9.62 Å². The van der Waals surface area contributed by atoms with Crippen molar-refractivity contribution in [3.63, 3.8) is 0 Å². The van der Waals surface area contributed by atoms with E-state index in [-0.39, 0.29) is 23.0 Å². The van der Waals surface area contributed by atoms with E-state index in [0.29, 0.717) is 13.0 Å². The van der Waals surface area contributed by atoms with Crippen LogP contribution in [-0.2, 0) is 26.2 Å². The molecule has 0 spiro atoms. The van der Waals surface area contributed by atoms with E-state index in [1.807, 2.05) is 38.1 Å². The maximum atomic E-state index is 15.0. The first-order valence-electron chi connectivity index (χ1n) is 12.6. The van der Waals surface area contributed by atoms with Crippen molar-refractivity contribution in [2.75, 3.05) is 17.4 Å². The number of carbonyl (C=O) groups excluding carboxylic acids is 2. The molecule has 0 radical (unpaired) electrons. The average molecular weight is 540 g/mol. The Balaban J connectivity index is 2.08. The van der Waals surface area contributed by atoms with Crippen molar-refractivity contribution >= 4 is 27.5 Å². The molecule has 2 amide bonds. The molecule has 38 heavy (non-hydrogen) atoms. The Labute approximate surface area is 224 Å². The quantitative estimate of drug-likeness (QED) is 0.387. The van der Waals surface area contributed by atoms with Crippen LogP contribution in [0, 0.1) is 19.7 Å². The summed E-state index contributed by atoms with van der Waals surface area (Å²) in [6.45, 7) is 7.09. The molecule has 1 N–H and O–H groups in total. The first-order valence-corrected chi connectivity index (χ1v) is 14.0. The van der Waals surface area contributed by atoms with Crippen molar-refractivity contribution in [1.82, 2.24) is 10.2 Å². The van der Waals surface area contributed by atoms with Gasteiger partial charge in [0, 0.05) is 13.1 Å². The fourth-order valence-corrected chi connectivity index (χ4v) is 5.61. The molecule has 9 heteroatoms. The fraction of sp³-hybridized carbons (Fsp3) is 0.310. The van der Waals surface area contributed by atoms with E-state index in [2.05, 4.69) is 5.32 Å². The Hall–Kier alpha value is -3.72. The lowest BCUT2D eigenvalue weighted by Gasteiger charge is -2.33. The molecule has 0 aliphatic rings. The van der Waals surface area contributed by atoms with Gasteiger partial charge in [0.2, 0.25) is 11.8 Å². The van der Waals surface area contributed by atoms with E-state index in [4.69, 9.17) is 0 Å². The third-order valence-corrected chi connectivity index (χ3v) is 8.12. The Morgan fingerprint density at radius 1 is 0.921 bits per heavy atom. The third-order valence-electron chi connectivity index (χ3n) is 6.35. The van der Waals surface area contributed by atoms with Gasteiger partial charge in [0.1, 0.15) is 18.4 Å². The number of sulfonamides is 1. The number of amides is 2. The van der Waals surface area contributed by atoms with E-state index >= 15 is 0 Å². The number of hydrogen-bond donors (Lipinski definition) is 1. The zero-order chi connectivity index (χ0) is 27.9. The SMILES string of the molecule is CCNC(=O)[C@H](CC)N(Cc1ccccc1C)C(=O)CN(c1ccccc1F)S(=O)(=O)c1ccc(C)cc1. The molecule has 202 valence electrons. The van der Waals surface area contributed by atoms with Crippen molar-refractivity contribution < 1.29 is 22.4 Å². The molecule has 0 aliphatic heterocycles. The van der Waals surface area contributed by atoms with Gasteiger partial charge in [0.25, 0.3) is 10.0 Å². The van der Waals surface area contributed by atoms with Crippen molar-refractivity contribution in [3.8, 4) is 0 Å². The average Bonchev–Trinajstić information content (AvgIpc) is 2.89. The Kier molecular flexibility index (Phi) is 9.63. The summed E-state index contributed by atoms with van der Waals surface area (Å²) in [6, 6.07) is 18.2. The van der Waals surface area contributed by atoms with Crippen LogP contribution in [0.4, 0.5) is 10.1 Å². The maximum absolute atomic E-state index is 15.0. The molecule has 0 saturated carbocycles. The van der Waals surface area contributed by atoms with Crippen LogP contribution in [0.1, 0.15) is 37.0 Å². The Morgan fingerprint density at radius 2 is 1.55 bits per heavy atom. The smallest absolute Gasteiger partial charge is 0.264 e. The number of rotatable bonds is 11. The highest BCUT2D eigenvalue weighted by molar-refractivity contribution is 7.92. The van der Waals surface area contributed by atoms with Gasteiger partial charge in [-0.1, -0.05) is 61.0 Å². The number of hydrogen-bond acceptors (Lipinski definition) is 4. The lowest BCUT2D eigenvalue weighted by Crippen LogP contribution is -2.52. The van der Waals surface area contributed by atoms with Crippen molar-refractivity contribution in [1.29, 1.82) is 0 Å². The lowest BCUT2D eigenvalue weighted by molar-refractivity contribution is -0.140. The highest BCUT2D eigenvalue weighted by Gasteiger charge is 2.34. The number of benzene rings is 3. The fourth-order valence-electron chi connectivity index (χ4n) is 4.19. The number of anilines is 1. The molecule has 3 aromatic carbocycles. The Morgan fingerprint density at radius 3 is 2.16 bits per heavy atom. The maximum Gasteiger partial charge on any atom is 0.264 e. The van der Waals surface area contributed by atoms with E-state index in [0.717, 1.165) is 27.1 Å². The minimum Gasteiger partial charge on any atom is -0.355 e. The van der Waals surface area contributed by atoms with Gasteiger partial charge in [0.05, 0.1) is 10.6 Å². The number of para-hydroxylation sites is 1. The molecule has 1 atom stereocenters. The first kappa shape index (κ1) is 28.8. The topological polar surface area (TPSA) is 86.8 Å². The second-order valence-electron chi connectivity index (χ2n) is 9.04. The van der Waals surface area contributed by atoms with E-state index < -0.39 is 34.3 Å². The van der Waals surface area contributed by atoms with Gasteiger partial charge in [-0.25, -0.2) is 12.8 Å². The number of nitrogens with zero attached hydrogens (tertiary/aromatic N) is 2. The predicted molar refractivity (Wildman–Crippen MR) is 147 cm³/mol. The summed E-state index contributed by atoms with van der Waals surface area (Å²) in [7, 11) is -4.32. The standard InChI is InChI=1S/C29H34FN3O4S/c1-5-26(29(35)31-6-2)32(19-23-12-8-7-11-22(23)4)28(34)20-33(27-14-10-9-13-25(27)30)38(36,37)24-17-15-21(3)16-18-24/h7-18,26H,5-6,19-20H2,1-4H3,(H,31,35)/t26-/m0/s1. The second kappa shape index (κ2) is 12.7. The van der Waals surface area contributed by atoms with Crippen LogP contribution in [0.15, 0.2) is 77.7 Å². The van der Waals surface area contributed by atoms with E-state index in [1.54, 1.807) is 26.0 Å². The molecule has 0 bridgehead atoms. The summed E-state index contributed by atoms with van der Waals surface area (Å²) in [5, 5.41) is 2.76. The minimum atomic E-state index is -4.32. The van der Waals surface area contributed by atoms with Gasteiger partial charge in [-0.05, 0) is 62.6 Å². The molecule has 0 fully saturated rings. The molecule has 7 nitrogen and oxygen atoms in total. The zero-order valence-electron chi connectivity index (χ0n) is 22.1. The minimum absolute atomic E-state index is 0.0691. The van der Waals surface area contributed by atoms with Gasteiger partial charge < -0.3 is 10.2 Å². The van der Waals surface area contributed by atoms with Crippen LogP contribution >= 0.6 is 0 Å². The van der Waals surface area contributed by atoms with Crippen molar-refractivity contribution in [3.05, 3.63) is 95.3 Å². The van der Waals surface area contributed by atoms with Gasteiger partial charge in [-0.3, -0.25) is 13.9 Å². The molecule has 0 unspecified atom stereocenters. The number of carbonyl (C=O) groups is 2. The van der Waals surface area contributed by atoms with Crippen LogP contribution in [0.5, 0.6) is 0 Å². The highest BCUT2D eigenvalue weighted by atomic mass is 32.2. The third kappa shape index (κ3) is 6.58. The summed E-state index contributed by atoms with van der Waals surface area (Å²) in [6.07, 6.45) is 0.313. The van der Waals surface area contributed by atoms with Gasteiger partial charge in [0.15, 0.2) is 0 Å². The number of aryl methyl sites for hydroxylation is 2. The molecular formula is C29H34FN3O4S. The summed E-state index contributed by atoms with van der Waals surface area (Å²) in [4.78, 5) is 28.2. The van der Waals surface area contributed by atoms with Crippen LogP contribution in [-0.4, -0.2) is 44.3 Å². The zero-order valence-corrected chi connectivity index (χ0v) is 23.0. The van der Waals surface area contributed by atoms with Crippen molar-refractivity contribution in [2.45, 2.75) is 51.6 Å². The number of likely N-dealkylation sites (N-methyl/N-ethyl adjacent to an activating group) is 1. The summed E-state index contributed by atoms with van der Waals surface area (Å²) in [5.74, 6) is -1.74.